The SMILES string of the molecule is c1ccc(OB(Oc2ccccc2)OC(c2ccccc2)c2ccccc2)cc1. The van der Waals surface area contributed by atoms with E-state index < -0.39 is 7.32 Å². The van der Waals surface area contributed by atoms with Crippen LogP contribution in [0.3, 0.4) is 0 Å². The molecule has 0 amide bonds. The molecule has 0 fully saturated rings. The van der Waals surface area contributed by atoms with Crippen LogP contribution in [0.2, 0.25) is 0 Å². The van der Waals surface area contributed by atoms with Crippen LogP contribution in [0.15, 0.2) is 121 Å². The lowest BCUT2D eigenvalue weighted by molar-refractivity contribution is 0.156. The summed E-state index contributed by atoms with van der Waals surface area (Å²) in [7, 11) is -0.926. The predicted molar refractivity (Wildman–Crippen MR) is 116 cm³/mol. The van der Waals surface area contributed by atoms with Crippen LogP contribution < -0.4 is 9.31 Å². The van der Waals surface area contributed by atoms with E-state index in [-0.39, 0.29) is 6.10 Å². The Morgan fingerprint density at radius 1 is 0.448 bits per heavy atom. The van der Waals surface area contributed by atoms with Crippen molar-refractivity contribution in [1.29, 1.82) is 0 Å². The maximum atomic E-state index is 6.39. The Morgan fingerprint density at radius 2 is 0.793 bits per heavy atom. The normalized spacial score (nSPS) is 10.5. The molecule has 4 aromatic carbocycles. The van der Waals surface area contributed by atoms with Gasteiger partial charge in [0.25, 0.3) is 0 Å². The number of hydrogen-bond acceptors (Lipinski definition) is 3. The van der Waals surface area contributed by atoms with E-state index in [1.807, 2.05) is 121 Å². The predicted octanol–water partition coefficient (Wildman–Crippen LogP) is 5.94. The van der Waals surface area contributed by atoms with Crippen molar-refractivity contribution in [3.63, 3.8) is 0 Å². The lowest BCUT2D eigenvalue weighted by Gasteiger charge is -2.23. The summed E-state index contributed by atoms with van der Waals surface area (Å²) in [6.07, 6.45) is -0.338. The molecule has 0 atom stereocenters. The van der Waals surface area contributed by atoms with Crippen LogP contribution in [0.5, 0.6) is 11.5 Å². The molecule has 142 valence electrons. The molecule has 0 aliphatic carbocycles. The van der Waals surface area contributed by atoms with Crippen LogP contribution in [0, 0.1) is 0 Å². The maximum Gasteiger partial charge on any atom is 0.788 e. The van der Waals surface area contributed by atoms with E-state index in [4.69, 9.17) is 14.0 Å². The minimum absolute atomic E-state index is 0.338. The van der Waals surface area contributed by atoms with Crippen molar-refractivity contribution in [2.75, 3.05) is 0 Å². The zero-order valence-electron chi connectivity index (χ0n) is 15.9. The van der Waals surface area contributed by atoms with Crippen molar-refractivity contribution >= 4 is 7.32 Å². The van der Waals surface area contributed by atoms with Gasteiger partial charge in [-0.05, 0) is 35.4 Å². The average molecular weight is 380 g/mol. The molecule has 0 bridgehead atoms. The molecule has 0 aromatic heterocycles. The van der Waals surface area contributed by atoms with Gasteiger partial charge in [0.05, 0.1) is 6.10 Å². The van der Waals surface area contributed by atoms with Gasteiger partial charge in [0.2, 0.25) is 0 Å². The summed E-state index contributed by atoms with van der Waals surface area (Å²) in [5.74, 6) is 1.35. The summed E-state index contributed by atoms with van der Waals surface area (Å²) in [6, 6.07) is 39.2. The summed E-state index contributed by atoms with van der Waals surface area (Å²) in [5, 5.41) is 0. The van der Waals surface area contributed by atoms with E-state index in [0.717, 1.165) is 11.1 Å². The van der Waals surface area contributed by atoms with Gasteiger partial charge in [-0.1, -0.05) is 97.1 Å². The number of benzene rings is 4. The first kappa shape index (κ1) is 18.8. The van der Waals surface area contributed by atoms with E-state index in [0.29, 0.717) is 11.5 Å². The average Bonchev–Trinajstić information content (AvgIpc) is 2.80. The van der Waals surface area contributed by atoms with Crippen LogP contribution in [0.4, 0.5) is 0 Å². The number of para-hydroxylation sites is 2. The van der Waals surface area contributed by atoms with Gasteiger partial charge in [-0.3, -0.25) is 0 Å². The first-order chi connectivity index (χ1) is 14.4. The summed E-state index contributed by atoms with van der Waals surface area (Å²) < 4.78 is 18.5. The molecule has 0 radical (unpaired) electrons. The number of hydrogen-bond donors (Lipinski definition) is 0. The Morgan fingerprint density at radius 3 is 1.17 bits per heavy atom. The highest BCUT2D eigenvalue weighted by Gasteiger charge is 2.32. The molecular formula is C25H21BO3. The molecule has 0 aliphatic rings. The molecule has 3 nitrogen and oxygen atoms in total. The Bertz CT molecular complexity index is 898. The third-order valence-corrected chi connectivity index (χ3v) is 4.40. The van der Waals surface area contributed by atoms with E-state index >= 15 is 0 Å². The van der Waals surface area contributed by atoms with Gasteiger partial charge < -0.3 is 14.0 Å². The summed E-state index contributed by atoms with van der Waals surface area (Å²) in [5.41, 5.74) is 2.05. The van der Waals surface area contributed by atoms with Crippen molar-refractivity contribution in [1.82, 2.24) is 0 Å². The molecule has 29 heavy (non-hydrogen) atoms. The third kappa shape index (κ3) is 5.28. The van der Waals surface area contributed by atoms with E-state index in [1.54, 1.807) is 0 Å². The fraction of sp³-hybridized carbons (Fsp3) is 0.0400. The molecular weight excluding hydrogens is 359 g/mol. The van der Waals surface area contributed by atoms with Crippen LogP contribution >= 0.6 is 0 Å². The molecule has 0 spiro atoms. The standard InChI is InChI=1S/C25H21BO3/c1-5-13-21(14-6-1)25(22-15-7-2-8-16-22)29-26(27-23-17-9-3-10-18-23)28-24-19-11-4-12-20-24/h1-20,25H. The molecule has 0 N–H and O–H groups in total. The zero-order valence-corrected chi connectivity index (χ0v) is 15.9. The topological polar surface area (TPSA) is 27.7 Å². The lowest BCUT2D eigenvalue weighted by Crippen LogP contribution is -2.35. The van der Waals surface area contributed by atoms with Gasteiger partial charge in [0.15, 0.2) is 0 Å². The molecule has 0 heterocycles. The Balaban J connectivity index is 1.64. The fourth-order valence-electron chi connectivity index (χ4n) is 3.02. The van der Waals surface area contributed by atoms with Gasteiger partial charge in [0.1, 0.15) is 11.5 Å². The molecule has 4 rings (SSSR count). The van der Waals surface area contributed by atoms with Gasteiger partial charge >= 0.3 is 7.32 Å². The van der Waals surface area contributed by atoms with Crippen molar-refractivity contribution < 1.29 is 14.0 Å². The second-order valence-corrected chi connectivity index (χ2v) is 6.49. The molecule has 0 saturated carbocycles. The van der Waals surface area contributed by atoms with Crippen LogP contribution in [-0.4, -0.2) is 7.32 Å². The largest absolute Gasteiger partial charge is 0.788 e. The first-order valence-corrected chi connectivity index (χ1v) is 9.57. The van der Waals surface area contributed by atoms with Crippen LogP contribution in [0.25, 0.3) is 0 Å². The van der Waals surface area contributed by atoms with Crippen molar-refractivity contribution in [2.24, 2.45) is 0 Å². The summed E-state index contributed by atoms with van der Waals surface area (Å²) in [4.78, 5) is 0. The molecule has 4 heteroatoms. The fourth-order valence-corrected chi connectivity index (χ4v) is 3.02. The molecule has 0 unspecified atom stereocenters. The lowest BCUT2D eigenvalue weighted by atomic mass is 9.99. The smallest absolute Gasteiger partial charge is 0.501 e. The van der Waals surface area contributed by atoms with Gasteiger partial charge in [-0.25, -0.2) is 0 Å². The monoisotopic (exact) mass is 380 g/mol. The second-order valence-electron chi connectivity index (χ2n) is 6.49. The van der Waals surface area contributed by atoms with Gasteiger partial charge in [-0.15, -0.1) is 0 Å². The minimum Gasteiger partial charge on any atom is -0.501 e. The summed E-state index contributed by atoms with van der Waals surface area (Å²) >= 11 is 0. The third-order valence-electron chi connectivity index (χ3n) is 4.40. The Labute approximate surface area is 171 Å². The highest BCUT2D eigenvalue weighted by atomic mass is 16.7. The first-order valence-electron chi connectivity index (χ1n) is 9.57. The van der Waals surface area contributed by atoms with Crippen LogP contribution in [-0.2, 0) is 4.65 Å². The Kier molecular flexibility index (Phi) is 6.26. The Hall–Kier alpha value is -3.50. The highest BCUT2D eigenvalue weighted by Crippen LogP contribution is 2.28. The van der Waals surface area contributed by atoms with E-state index in [1.165, 1.54) is 0 Å². The second kappa shape index (κ2) is 9.62. The highest BCUT2D eigenvalue weighted by molar-refractivity contribution is 6.38. The minimum atomic E-state index is -0.926. The van der Waals surface area contributed by atoms with Crippen molar-refractivity contribution in [2.45, 2.75) is 6.10 Å². The van der Waals surface area contributed by atoms with Crippen LogP contribution in [0.1, 0.15) is 17.2 Å². The zero-order chi connectivity index (χ0) is 19.7. The summed E-state index contributed by atoms with van der Waals surface area (Å²) in [6.45, 7) is 0. The van der Waals surface area contributed by atoms with E-state index in [2.05, 4.69) is 0 Å². The quantitative estimate of drug-likeness (QED) is 0.354. The molecule has 0 saturated heterocycles. The maximum absolute atomic E-state index is 6.39. The molecule has 4 aromatic rings. The van der Waals surface area contributed by atoms with Gasteiger partial charge in [0, 0.05) is 0 Å². The van der Waals surface area contributed by atoms with Crippen molar-refractivity contribution in [3.05, 3.63) is 132 Å². The molecule has 0 aliphatic heterocycles. The van der Waals surface area contributed by atoms with Crippen molar-refractivity contribution in [3.8, 4) is 11.5 Å². The van der Waals surface area contributed by atoms with E-state index in [9.17, 15) is 0 Å². The number of rotatable bonds is 8. The van der Waals surface area contributed by atoms with Gasteiger partial charge in [-0.2, -0.15) is 0 Å².